The number of anilines is 1. The quantitative estimate of drug-likeness (QED) is 0.616. The molecule has 5 rings (SSSR count). The van der Waals surface area contributed by atoms with Gasteiger partial charge in [0.2, 0.25) is 0 Å². The minimum atomic E-state index is -0.418. The van der Waals surface area contributed by atoms with Gasteiger partial charge in [-0.3, -0.25) is 4.68 Å². The van der Waals surface area contributed by atoms with Crippen molar-refractivity contribution < 1.29 is 8.78 Å². The number of hydrogen-bond acceptors (Lipinski definition) is 4. The summed E-state index contributed by atoms with van der Waals surface area (Å²) in [5.74, 6) is -0.0159. The fourth-order valence-electron chi connectivity index (χ4n) is 4.39. The van der Waals surface area contributed by atoms with Crippen LogP contribution in [0.25, 0.3) is 17.1 Å². The van der Waals surface area contributed by atoms with E-state index in [-0.39, 0.29) is 12.4 Å². The van der Waals surface area contributed by atoms with Crippen molar-refractivity contribution in [1.82, 2.24) is 19.7 Å². The molecule has 0 bridgehead atoms. The molecule has 3 aromatic rings. The maximum atomic E-state index is 14.4. The number of hydrogen-bond donors (Lipinski definition) is 0. The third-order valence-electron chi connectivity index (χ3n) is 6.22. The summed E-state index contributed by atoms with van der Waals surface area (Å²) in [6, 6.07) is 8.43. The second-order valence-electron chi connectivity index (χ2n) is 8.52. The van der Waals surface area contributed by atoms with Crippen LogP contribution >= 0.6 is 0 Å². The van der Waals surface area contributed by atoms with E-state index in [4.69, 9.17) is 0 Å². The second-order valence-corrected chi connectivity index (χ2v) is 8.52. The first-order chi connectivity index (χ1) is 14.4. The van der Waals surface area contributed by atoms with Crippen molar-refractivity contribution in [3.8, 4) is 11.5 Å². The van der Waals surface area contributed by atoms with Gasteiger partial charge in [-0.25, -0.2) is 18.7 Å². The molecule has 0 amide bonds. The topological polar surface area (TPSA) is 46.8 Å². The molecule has 1 aromatic carbocycles. The number of benzene rings is 1. The molecule has 1 spiro atoms. The lowest BCUT2D eigenvalue weighted by Gasteiger charge is -2.56. The van der Waals surface area contributed by atoms with Crippen LogP contribution in [0.15, 0.2) is 43.1 Å². The monoisotopic (exact) mass is 407 g/mol. The molecule has 0 N–H and O–H groups in total. The Balaban J connectivity index is 1.46. The maximum Gasteiger partial charge on any atom is 0.183 e. The largest absolute Gasteiger partial charge is 0.353 e. The van der Waals surface area contributed by atoms with Crippen LogP contribution in [-0.2, 0) is 6.54 Å². The summed E-state index contributed by atoms with van der Waals surface area (Å²) >= 11 is 0. The summed E-state index contributed by atoms with van der Waals surface area (Å²) in [6.07, 6.45) is 4.89. The van der Waals surface area contributed by atoms with Crippen molar-refractivity contribution in [2.24, 2.45) is 5.41 Å². The van der Waals surface area contributed by atoms with E-state index in [9.17, 15) is 8.78 Å². The Morgan fingerprint density at radius 2 is 1.93 bits per heavy atom. The summed E-state index contributed by atoms with van der Waals surface area (Å²) in [5, 5.41) is 4.59. The van der Waals surface area contributed by atoms with Gasteiger partial charge in [0.1, 0.15) is 11.5 Å². The van der Waals surface area contributed by atoms with Gasteiger partial charge in [0.05, 0.1) is 18.4 Å². The molecule has 0 radical (unpaired) electrons. The zero-order valence-corrected chi connectivity index (χ0v) is 16.9. The highest BCUT2D eigenvalue weighted by molar-refractivity contribution is 5.64. The van der Waals surface area contributed by atoms with E-state index < -0.39 is 5.82 Å². The molecule has 1 aliphatic heterocycles. The zero-order chi connectivity index (χ0) is 20.9. The highest BCUT2D eigenvalue weighted by Crippen LogP contribution is 2.49. The molecule has 5 nitrogen and oxygen atoms in total. The van der Waals surface area contributed by atoms with Gasteiger partial charge in [0.25, 0.3) is 0 Å². The minimum absolute atomic E-state index is 0.261. The molecule has 7 heteroatoms. The molecule has 1 saturated heterocycles. The Morgan fingerprint density at radius 1 is 1.17 bits per heavy atom. The van der Waals surface area contributed by atoms with Crippen molar-refractivity contribution in [1.29, 1.82) is 0 Å². The SMILES string of the molecule is C=C(C)c1cc(-c2ncc(F)c(N3CC4(CCC4)C3)n2)nn1Cc1ccccc1F. The molecule has 30 heavy (non-hydrogen) atoms. The van der Waals surface area contributed by atoms with Crippen molar-refractivity contribution in [2.45, 2.75) is 32.7 Å². The molecule has 3 heterocycles. The Morgan fingerprint density at radius 3 is 2.60 bits per heavy atom. The van der Waals surface area contributed by atoms with Crippen molar-refractivity contribution >= 4 is 11.4 Å². The van der Waals surface area contributed by atoms with E-state index in [0.29, 0.717) is 28.3 Å². The molecule has 1 aliphatic carbocycles. The molecule has 2 fully saturated rings. The van der Waals surface area contributed by atoms with Gasteiger partial charge in [-0.15, -0.1) is 0 Å². The maximum absolute atomic E-state index is 14.4. The lowest BCUT2D eigenvalue weighted by atomic mass is 9.63. The minimum Gasteiger partial charge on any atom is -0.353 e. The van der Waals surface area contributed by atoms with Crippen LogP contribution in [0, 0.1) is 17.0 Å². The Hall–Kier alpha value is -3.09. The molecule has 2 aliphatic rings. The van der Waals surface area contributed by atoms with Crippen molar-refractivity contribution in [2.75, 3.05) is 18.0 Å². The number of nitrogens with zero attached hydrogens (tertiary/aromatic N) is 5. The first kappa shape index (κ1) is 18.9. The summed E-state index contributed by atoms with van der Waals surface area (Å²) in [5.41, 5.74) is 2.97. The zero-order valence-electron chi connectivity index (χ0n) is 16.9. The summed E-state index contributed by atoms with van der Waals surface area (Å²) in [7, 11) is 0. The van der Waals surface area contributed by atoms with E-state index in [1.54, 1.807) is 22.9 Å². The van der Waals surface area contributed by atoms with E-state index in [2.05, 4.69) is 21.6 Å². The molecule has 0 atom stereocenters. The van der Waals surface area contributed by atoms with Crippen molar-refractivity contribution in [3.05, 3.63) is 66.0 Å². The molecule has 2 aromatic heterocycles. The Kier molecular flexibility index (Phi) is 4.41. The molecular weight excluding hydrogens is 384 g/mol. The van der Waals surface area contributed by atoms with Gasteiger partial charge >= 0.3 is 0 Å². The van der Waals surface area contributed by atoms with Gasteiger partial charge in [0, 0.05) is 24.1 Å². The van der Waals surface area contributed by atoms with E-state index in [1.807, 2.05) is 17.9 Å². The van der Waals surface area contributed by atoms with Crippen LogP contribution in [0.2, 0.25) is 0 Å². The Bertz CT molecular complexity index is 1120. The predicted octanol–water partition coefficient (Wildman–Crippen LogP) is 4.69. The third-order valence-corrected chi connectivity index (χ3v) is 6.22. The smallest absolute Gasteiger partial charge is 0.183 e. The lowest BCUT2D eigenvalue weighted by Crippen LogP contribution is -2.60. The van der Waals surface area contributed by atoms with E-state index in [1.165, 1.54) is 31.5 Å². The third kappa shape index (κ3) is 3.18. The average molecular weight is 407 g/mol. The van der Waals surface area contributed by atoms with Gasteiger partial charge in [-0.2, -0.15) is 5.10 Å². The average Bonchev–Trinajstić information content (AvgIpc) is 3.07. The van der Waals surface area contributed by atoms with Gasteiger partial charge in [-0.1, -0.05) is 31.2 Å². The molecule has 1 saturated carbocycles. The molecule has 154 valence electrons. The number of halogens is 2. The van der Waals surface area contributed by atoms with Crippen molar-refractivity contribution in [3.63, 3.8) is 0 Å². The first-order valence-electron chi connectivity index (χ1n) is 10.2. The number of rotatable bonds is 5. The number of allylic oxidation sites excluding steroid dienone is 1. The summed E-state index contributed by atoms with van der Waals surface area (Å²) < 4.78 is 30.2. The molecular formula is C23H23F2N5. The lowest BCUT2D eigenvalue weighted by molar-refractivity contribution is 0.0889. The van der Waals surface area contributed by atoms with E-state index in [0.717, 1.165) is 24.4 Å². The fourth-order valence-corrected chi connectivity index (χ4v) is 4.39. The predicted molar refractivity (Wildman–Crippen MR) is 112 cm³/mol. The van der Waals surface area contributed by atoms with Crippen LogP contribution in [0.5, 0.6) is 0 Å². The van der Waals surface area contributed by atoms with Crippen LogP contribution in [0.4, 0.5) is 14.6 Å². The standard InChI is InChI=1S/C23H23F2N5/c1-15(2)20-10-19(28-30(20)12-16-6-3-4-7-17(16)24)21-26-11-18(25)22(27-21)29-13-23(14-29)8-5-9-23/h3-4,6-7,10-11H,1,5,8-9,12-14H2,2H3. The fraction of sp³-hybridized carbons (Fsp3) is 0.348. The summed E-state index contributed by atoms with van der Waals surface area (Å²) in [6.45, 7) is 7.83. The highest BCUT2D eigenvalue weighted by atomic mass is 19.1. The second kappa shape index (κ2) is 7.00. The van der Waals surface area contributed by atoms with Crippen LogP contribution in [-0.4, -0.2) is 32.8 Å². The van der Waals surface area contributed by atoms with Gasteiger partial charge in [-0.05, 0) is 37.5 Å². The Labute approximate surface area is 174 Å². The summed E-state index contributed by atoms with van der Waals surface area (Å²) in [4.78, 5) is 10.6. The first-order valence-corrected chi connectivity index (χ1v) is 10.2. The van der Waals surface area contributed by atoms with Crippen LogP contribution in [0.1, 0.15) is 37.4 Å². The molecule has 0 unspecified atom stereocenters. The van der Waals surface area contributed by atoms with Crippen LogP contribution < -0.4 is 4.90 Å². The van der Waals surface area contributed by atoms with Gasteiger partial charge in [0.15, 0.2) is 17.5 Å². The number of aromatic nitrogens is 4. The highest BCUT2D eigenvalue weighted by Gasteiger charge is 2.48. The van der Waals surface area contributed by atoms with E-state index >= 15 is 0 Å². The van der Waals surface area contributed by atoms with Crippen LogP contribution in [0.3, 0.4) is 0 Å². The normalized spacial score (nSPS) is 17.0. The van der Waals surface area contributed by atoms with Gasteiger partial charge < -0.3 is 4.90 Å².